The summed E-state index contributed by atoms with van der Waals surface area (Å²) in [5.41, 5.74) is 2.85. The Bertz CT molecular complexity index is 1340. The summed E-state index contributed by atoms with van der Waals surface area (Å²) in [6.45, 7) is 6.40. The molecule has 0 radical (unpaired) electrons. The molecule has 2 aromatic carbocycles. The van der Waals surface area contributed by atoms with E-state index in [1.54, 1.807) is 0 Å². The van der Waals surface area contributed by atoms with Crippen LogP contribution in [0.1, 0.15) is 11.4 Å². The predicted octanol–water partition coefficient (Wildman–Crippen LogP) is 3.36. The maximum absolute atomic E-state index is 13.1. The van der Waals surface area contributed by atoms with E-state index in [0.717, 1.165) is 60.9 Å². The van der Waals surface area contributed by atoms with E-state index in [0.29, 0.717) is 30.9 Å². The zero-order chi connectivity index (χ0) is 26.2. The summed E-state index contributed by atoms with van der Waals surface area (Å²) in [7, 11) is 0. The largest absolute Gasteiger partial charge is 0.389 e. The number of morpholine rings is 1. The van der Waals surface area contributed by atoms with Crippen molar-refractivity contribution < 1.29 is 14.6 Å². The number of aromatic nitrogens is 2. The molecule has 0 spiro atoms. The first-order valence-corrected chi connectivity index (χ1v) is 13.9. The van der Waals surface area contributed by atoms with Crippen molar-refractivity contribution in [2.24, 2.45) is 0 Å². The van der Waals surface area contributed by atoms with Crippen LogP contribution < -0.4 is 5.56 Å². The first-order chi connectivity index (χ1) is 18.7. The smallest absolute Gasteiger partial charge is 0.260 e. The van der Waals surface area contributed by atoms with Gasteiger partial charge in [-0.25, -0.2) is 4.98 Å². The van der Waals surface area contributed by atoms with E-state index in [2.05, 4.69) is 14.8 Å². The molecular formula is C29H34N4O4S. The number of H-pyrrole nitrogens is 1. The Morgan fingerprint density at radius 1 is 1.11 bits per heavy atom. The molecule has 1 aliphatic heterocycles. The van der Waals surface area contributed by atoms with Gasteiger partial charge in [0, 0.05) is 43.7 Å². The molecule has 38 heavy (non-hydrogen) atoms. The maximum Gasteiger partial charge on any atom is 0.260 e. The van der Waals surface area contributed by atoms with Crippen molar-refractivity contribution in [1.82, 2.24) is 19.8 Å². The summed E-state index contributed by atoms with van der Waals surface area (Å²) in [6, 6.07) is 19.8. The highest BCUT2D eigenvalue weighted by molar-refractivity contribution is 7.17. The molecule has 9 heteroatoms. The number of aromatic amines is 1. The van der Waals surface area contributed by atoms with Crippen LogP contribution in [-0.2, 0) is 22.6 Å². The van der Waals surface area contributed by atoms with Crippen molar-refractivity contribution >= 4 is 21.6 Å². The maximum atomic E-state index is 13.1. The zero-order valence-corrected chi connectivity index (χ0v) is 22.2. The number of aliphatic hydroxyl groups is 1. The minimum absolute atomic E-state index is 0.134. The van der Waals surface area contributed by atoms with Gasteiger partial charge in [-0.15, -0.1) is 11.3 Å². The molecule has 0 amide bonds. The molecule has 2 N–H and O–H groups in total. The Morgan fingerprint density at radius 3 is 2.61 bits per heavy atom. The molecule has 3 heterocycles. The number of fused-ring (bicyclic) bond motifs is 1. The molecule has 0 unspecified atom stereocenters. The van der Waals surface area contributed by atoms with Crippen LogP contribution in [0.4, 0.5) is 0 Å². The number of ether oxygens (including phenoxy) is 2. The molecule has 1 fully saturated rings. The molecular weight excluding hydrogens is 500 g/mol. The van der Waals surface area contributed by atoms with Crippen molar-refractivity contribution in [2.75, 3.05) is 52.5 Å². The fourth-order valence-corrected chi connectivity index (χ4v) is 5.66. The Hall–Kier alpha value is -2.92. The molecule has 1 aliphatic rings. The molecule has 1 atom stereocenters. The standard InChI is InChI=1S/C29H34N4O4S/c34-24(20-37-19-22-7-3-1-4-8-22)17-33(12-11-32-13-15-36-16-14-32)18-26-30-28(35)27-25(21-38-29(27)31-26)23-9-5-2-6-10-23/h1-10,21,24,34H,11-20H2,(H,30,31,35)/t24-/m0/s1. The van der Waals surface area contributed by atoms with Gasteiger partial charge >= 0.3 is 0 Å². The highest BCUT2D eigenvalue weighted by Gasteiger charge is 2.19. The van der Waals surface area contributed by atoms with Gasteiger partial charge in [-0.2, -0.15) is 0 Å². The third-order valence-electron chi connectivity index (χ3n) is 6.68. The Kier molecular flexibility index (Phi) is 9.29. The Morgan fingerprint density at radius 2 is 1.84 bits per heavy atom. The van der Waals surface area contributed by atoms with E-state index in [1.165, 1.54) is 11.3 Å². The van der Waals surface area contributed by atoms with Crippen LogP contribution in [0.15, 0.2) is 70.8 Å². The second-order valence-electron chi connectivity index (χ2n) is 9.55. The summed E-state index contributed by atoms with van der Waals surface area (Å²) in [4.78, 5) is 26.2. The number of nitrogens with one attached hydrogen (secondary N) is 1. The fraction of sp³-hybridized carbons (Fsp3) is 0.379. The average molecular weight is 535 g/mol. The molecule has 0 saturated carbocycles. The van der Waals surface area contributed by atoms with E-state index >= 15 is 0 Å². The lowest BCUT2D eigenvalue weighted by atomic mass is 10.1. The summed E-state index contributed by atoms with van der Waals surface area (Å²) in [6.07, 6.45) is -0.662. The van der Waals surface area contributed by atoms with Gasteiger partial charge in [0.1, 0.15) is 10.7 Å². The summed E-state index contributed by atoms with van der Waals surface area (Å²) in [5.74, 6) is 0.600. The zero-order valence-electron chi connectivity index (χ0n) is 21.4. The number of aliphatic hydroxyl groups excluding tert-OH is 1. The molecule has 8 nitrogen and oxygen atoms in total. The summed E-state index contributed by atoms with van der Waals surface area (Å²) in [5, 5.41) is 13.4. The van der Waals surface area contributed by atoms with Crippen LogP contribution in [0.5, 0.6) is 0 Å². The molecule has 2 aromatic heterocycles. The van der Waals surface area contributed by atoms with Gasteiger partial charge in [-0.1, -0.05) is 60.7 Å². The van der Waals surface area contributed by atoms with Crippen LogP contribution >= 0.6 is 11.3 Å². The quantitative estimate of drug-likeness (QED) is 0.288. The molecule has 0 bridgehead atoms. The monoisotopic (exact) mass is 534 g/mol. The molecule has 5 rings (SSSR count). The average Bonchev–Trinajstić information content (AvgIpc) is 3.38. The van der Waals surface area contributed by atoms with Crippen molar-refractivity contribution in [3.63, 3.8) is 0 Å². The minimum atomic E-state index is -0.662. The number of rotatable bonds is 12. The van der Waals surface area contributed by atoms with Crippen molar-refractivity contribution in [3.8, 4) is 11.1 Å². The Balaban J connectivity index is 1.27. The van der Waals surface area contributed by atoms with Crippen LogP contribution in [0.25, 0.3) is 21.3 Å². The number of thiophene rings is 1. The van der Waals surface area contributed by atoms with Crippen molar-refractivity contribution in [3.05, 3.63) is 87.8 Å². The first kappa shape index (κ1) is 26.7. The first-order valence-electron chi connectivity index (χ1n) is 13.0. The van der Waals surface area contributed by atoms with Gasteiger partial charge < -0.3 is 19.6 Å². The van der Waals surface area contributed by atoms with Crippen LogP contribution in [0, 0.1) is 0 Å². The number of nitrogens with zero attached hydrogens (tertiary/aromatic N) is 3. The SMILES string of the molecule is O=c1[nH]c(CN(CCN2CCOCC2)C[C@H](O)COCc2ccccc2)nc2scc(-c3ccccc3)c12. The predicted molar refractivity (Wildman–Crippen MR) is 150 cm³/mol. The topological polar surface area (TPSA) is 90.9 Å². The second-order valence-corrected chi connectivity index (χ2v) is 10.4. The van der Waals surface area contributed by atoms with Gasteiger partial charge in [0.05, 0.1) is 44.5 Å². The van der Waals surface area contributed by atoms with Crippen molar-refractivity contribution in [2.45, 2.75) is 19.3 Å². The lowest BCUT2D eigenvalue weighted by Crippen LogP contribution is -2.43. The normalized spacial score (nSPS) is 15.3. The number of hydrogen-bond donors (Lipinski definition) is 2. The summed E-state index contributed by atoms with van der Waals surface area (Å²) < 4.78 is 11.2. The lowest BCUT2D eigenvalue weighted by molar-refractivity contribution is 0.00170. The van der Waals surface area contributed by atoms with Gasteiger partial charge in [-0.05, 0) is 11.1 Å². The fourth-order valence-electron chi connectivity index (χ4n) is 4.69. The van der Waals surface area contributed by atoms with E-state index < -0.39 is 6.10 Å². The summed E-state index contributed by atoms with van der Waals surface area (Å²) >= 11 is 1.48. The van der Waals surface area contributed by atoms with Gasteiger partial charge in [0.15, 0.2) is 0 Å². The molecule has 0 aliphatic carbocycles. The van der Waals surface area contributed by atoms with Crippen molar-refractivity contribution in [1.29, 1.82) is 0 Å². The minimum Gasteiger partial charge on any atom is -0.389 e. The van der Waals surface area contributed by atoms with Crippen LogP contribution in [0.3, 0.4) is 0 Å². The van der Waals surface area contributed by atoms with Crippen LogP contribution in [-0.4, -0.2) is 83.5 Å². The van der Waals surface area contributed by atoms with Gasteiger partial charge in [0.25, 0.3) is 5.56 Å². The van der Waals surface area contributed by atoms with Crippen LogP contribution in [0.2, 0.25) is 0 Å². The Labute approximate surface area is 226 Å². The van der Waals surface area contributed by atoms with Gasteiger partial charge in [0.2, 0.25) is 0 Å². The third kappa shape index (κ3) is 7.13. The highest BCUT2D eigenvalue weighted by atomic mass is 32.1. The van der Waals surface area contributed by atoms with E-state index in [4.69, 9.17) is 14.5 Å². The van der Waals surface area contributed by atoms with Gasteiger partial charge in [-0.3, -0.25) is 14.6 Å². The van der Waals surface area contributed by atoms with E-state index in [1.807, 2.05) is 66.0 Å². The number of benzene rings is 2. The second kappa shape index (κ2) is 13.2. The molecule has 200 valence electrons. The lowest BCUT2D eigenvalue weighted by Gasteiger charge is -2.30. The number of hydrogen-bond acceptors (Lipinski definition) is 8. The van der Waals surface area contributed by atoms with E-state index in [-0.39, 0.29) is 12.2 Å². The third-order valence-corrected chi connectivity index (χ3v) is 7.55. The highest BCUT2D eigenvalue weighted by Crippen LogP contribution is 2.30. The molecule has 4 aromatic rings. The molecule has 1 saturated heterocycles. The van der Waals surface area contributed by atoms with E-state index in [9.17, 15) is 9.90 Å².